The lowest BCUT2D eigenvalue weighted by Gasteiger charge is -2.14. The fourth-order valence-corrected chi connectivity index (χ4v) is 2.68. The standard InChI is InChI=1S/C22H28N2O6/c1-14(2)30-19-10-8-16(13-21(19)28-5)23-24-17(22(25)29-6)11-15-7-9-18(26-3)20(12-15)27-4/h7-10,12-14,23H,11H2,1-6H3/b24-17+. The first kappa shape index (κ1) is 22.9. The van der Waals surface area contributed by atoms with E-state index in [9.17, 15) is 4.79 Å². The Balaban J connectivity index is 2.24. The van der Waals surface area contributed by atoms with E-state index >= 15 is 0 Å². The molecule has 0 aliphatic rings. The van der Waals surface area contributed by atoms with Gasteiger partial charge in [0.15, 0.2) is 23.0 Å². The molecular formula is C22H28N2O6. The van der Waals surface area contributed by atoms with E-state index in [1.165, 1.54) is 7.11 Å². The van der Waals surface area contributed by atoms with Gasteiger partial charge in [-0.25, -0.2) is 4.79 Å². The minimum Gasteiger partial charge on any atom is -0.493 e. The maximum absolute atomic E-state index is 12.2. The second-order valence-electron chi connectivity index (χ2n) is 6.56. The molecule has 1 N–H and O–H groups in total. The van der Waals surface area contributed by atoms with Crippen molar-refractivity contribution in [2.75, 3.05) is 33.9 Å². The maximum Gasteiger partial charge on any atom is 0.354 e. The van der Waals surface area contributed by atoms with Crippen LogP contribution in [0.4, 0.5) is 5.69 Å². The largest absolute Gasteiger partial charge is 0.493 e. The van der Waals surface area contributed by atoms with Crippen LogP contribution < -0.4 is 24.4 Å². The molecule has 2 aromatic carbocycles. The summed E-state index contributed by atoms with van der Waals surface area (Å²) >= 11 is 0. The lowest BCUT2D eigenvalue weighted by molar-refractivity contribution is -0.132. The molecule has 0 aliphatic carbocycles. The monoisotopic (exact) mass is 416 g/mol. The van der Waals surface area contributed by atoms with Gasteiger partial charge in [-0.15, -0.1) is 0 Å². The SMILES string of the molecule is COC(=O)/C(Cc1ccc(OC)c(OC)c1)=N/Nc1ccc(OC(C)C)c(OC)c1. The predicted octanol–water partition coefficient (Wildman–Crippen LogP) is 3.68. The smallest absolute Gasteiger partial charge is 0.354 e. The van der Waals surface area contributed by atoms with Crippen LogP contribution in [-0.4, -0.2) is 46.2 Å². The number of ether oxygens (including phenoxy) is 5. The summed E-state index contributed by atoms with van der Waals surface area (Å²) in [5.41, 5.74) is 4.53. The number of hydrazone groups is 1. The van der Waals surface area contributed by atoms with E-state index in [0.29, 0.717) is 28.7 Å². The Morgan fingerprint density at radius 3 is 2.13 bits per heavy atom. The average molecular weight is 416 g/mol. The van der Waals surface area contributed by atoms with Crippen molar-refractivity contribution in [1.82, 2.24) is 0 Å². The Hall–Kier alpha value is -3.42. The minimum atomic E-state index is -0.538. The highest BCUT2D eigenvalue weighted by Gasteiger charge is 2.15. The number of esters is 1. The maximum atomic E-state index is 12.2. The first-order valence-electron chi connectivity index (χ1n) is 9.38. The van der Waals surface area contributed by atoms with Crippen molar-refractivity contribution in [1.29, 1.82) is 0 Å². The second-order valence-corrected chi connectivity index (χ2v) is 6.56. The van der Waals surface area contributed by atoms with Gasteiger partial charge < -0.3 is 23.7 Å². The number of hydrogen-bond acceptors (Lipinski definition) is 8. The van der Waals surface area contributed by atoms with Crippen LogP contribution in [0.3, 0.4) is 0 Å². The van der Waals surface area contributed by atoms with E-state index in [1.807, 2.05) is 19.9 Å². The van der Waals surface area contributed by atoms with E-state index in [1.54, 1.807) is 51.7 Å². The fourth-order valence-electron chi connectivity index (χ4n) is 2.68. The molecule has 0 bridgehead atoms. The molecular weight excluding hydrogens is 388 g/mol. The first-order valence-corrected chi connectivity index (χ1v) is 9.38. The summed E-state index contributed by atoms with van der Waals surface area (Å²) in [6.07, 6.45) is 0.259. The minimum absolute atomic E-state index is 0.0168. The van der Waals surface area contributed by atoms with E-state index in [4.69, 9.17) is 23.7 Å². The molecule has 2 aromatic rings. The Morgan fingerprint density at radius 2 is 1.53 bits per heavy atom. The summed E-state index contributed by atoms with van der Waals surface area (Å²) < 4.78 is 26.5. The number of methoxy groups -OCH3 is 4. The van der Waals surface area contributed by atoms with Crippen molar-refractivity contribution in [2.24, 2.45) is 5.10 Å². The number of anilines is 1. The zero-order chi connectivity index (χ0) is 22.1. The van der Waals surface area contributed by atoms with Gasteiger partial charge in [0.1, 0.15) is 5.71 Å². The molecule has 0 aliphatic heterocycles. The van der Waals surface area contributed by atoms with Crippen molar-refractivity contribution in [2.45, 2.75) is 26.4 Å². The van der Waals surface area contributed by atoms with Crippen LogP contribution in [0.15, 0.2) is 41.5 Å². The number of carbonyl (C=O) groups is 1. The van der Waals surface area contributed by atoms with Gasteiger partial charge in [-0.05, 0) is 43.7 Å². The summed E-state index contributed by atoms with van der Waals surface area (Å²) in [6, 6.07) is 10.7. The van der Waals surface area contributed by atoms with Crippen LogP contribution in [0, 0.1) is 0 Å². The van der Waals surface area contributed by atoms with Crippen molar-refractivity contribution < 1.29 is 28.5 Å². The molecule has 8 nitrogen and oxygen atoms in total. The Labute approximate surface area is 176 Å². The molecule has 0 aromatic heterocycles. The van der Waals surface area contributed by atoms with Crippen LogP contribution >= 0.6 is 0 Å². The molecule has 2 rings (SSSR count). The number of benzene rings is 2. The van der Waals surface area contributed by atoms with Crippen LogP contribution in [-0.2, 0) is 16.0 Å². The molecule has 0 unspecified atom stereocenters. The van der Waals surface area contributed by atoms with Crippen LogP contribution in [0.25, 0.3) is 0 Å². The Morgan fingerprint density at radius 1 is 0.900 bits per heavy atom. The van der Waals surface area contributed by atoms with Crippen molar-refractivity contribution in [3.63, 3.8) is 0 Å². The normalized spacial score (nSPS) is 11.1. The van der Waals surface area contributed by atoms with Crippen molar-refractivity contribution >= 4 is 17.4 Å². The number of nitrogens with one attached hydrogen (secondary N) is 1. The summed E-state index contributed by atoms with van der Waals surface area (Å²) in [7, 11) is 5.99. The lowest BCUT2D eigenvalue weighted by Crippen LogP contribution is -2.20. The average Bonchev–Trinajstić information content (AvgIpc) is 2.76. The quantitative estimate of drug-likeness (QED) is 0.359. The zero-order valence-corrected chi connectivity index (χ0v) is 18.1. The zero-order valence-electron chi connectivity index (χ0n) is 18.1. The molecule has 0 fully saturated rings. The number of nitrogens with zero attached hydrogens (tertiary/aromatic N) is 1. The van der Waals surface area contributed by atoms with Crippen molar-refractivity contribution in [3.8, 4) is 23.0 Å². The van der Waals surface area contributed by atoms with Gasteiger partial charge in [-0.1, -0.05) is 6.07 Å². The van der Waals surface area contributed by atoms with Gasteiger partial charge in [0, 0.05) is 12.5 Å². The number of carbonyl (C=O) groups excluding carboxylic acids is 1. The van der Waals surface area contributed by atoms with Gasteiger partial charge in [-0.3, -0.25) is 5.43 Å². The van der Waals surface area contributed by atoms with E-state index in [-0.39, 0.29) is 18.2 Å². The van der Waals surface area contributed by atoms with E-state index in [0.717, 1.165) is 5.56 Å². The van der Waals surface area contributed by atoms with Gasteiger partial charge in [0.25, 0.3) is 0 Å². The first-order chi connectivity index (χ1) is 14.4. The molecule has 0 atom stereocenters. The summed E-state index contributed by atoms with van der Waals surface area (Å²) in [6.45, 7) is 3.87. The molecule has 0 amide bonds. The van der Waals surface area contributed by atoms with Crippen LogP contribution in [0.1, 0.15) is 19.4 Å². The molecule has 0 saturated carbocycles. The third-order valence-corrected chi connectivity index (χ3v) is 4.09. The second kappa shape index (κ2) is 10.9. The van der Waals surface area contributed by atoms with Crippen LogP contribution in [0.2, 0.25) is 0 Å². The summed E-state index contributed by atoms with van der Waals surface area (Å²) in [5, 5.41) is 4.25. The molecule has 0 spiro atoms. The Kier molecular flexibility index (Phi) is 8.34. The molecule has 0 radical (unpaired) electrons. The van der Waals surface area contributed by atoms with E-state index < -0.39 is 5.97 Å². The third-order valence-electron chi connectivity index (χ3n) is 4.09. The Bertz CT molecular complexity index is 895. The van der Waals surface area contributed by atoms with E-state index in [2.05, 4.69) is 10.5 Å². The van der Waals surface area contributed by atoms with Gasteiger partial charge in [0.2, 0.25) is 0 Å². The van der Waals surface area contributed by atoms with Gasteiger partial charge in [-0.2, -0.15) is 5.10 Å². The van der Waals surface area contributed by atoms with Gasteiger partial charge in [0.05, 0.1) is 40.2 Å². The topological polar surface area (TPSA) is 87.6 Å². The molecule has 0 saturated heterocycles. The summed E-state index contributed by atoms with van der Waals surface area (Å²) in [5.74, 6) is 1.82. The highest BCUT2D eigenvalue weighted by Crippen LogP contribution is 2.31. The predicted molar refractivity (Wildman–Crippen MR) is 115 cm³/mol. The highest BCUT2D eigenvalue weighted by atomic mass is 16.5. The molecule has 162 valence electrons. The fraction of sp³-hybridized carbons (Fsp3) is 0.364. The van der Waals surface area contributed by atoms with Crippen molar-refractivity contribution in [3.05, 3.63) is 42.0 Å². The molecule has 8 heteroatoms. The lowest BCUT2D eigenvalue weighted by atomic mass is 10.1. The molecule has 0 heterocycles. The summed E-state index contributed by atoms with van der Waals surface area (Å²) in [4.78, 5) is 12.2. The third kappa shape index (κ3) is 6.04. The van der Waals surface area contributed by atoms with Gasteiger partial charge >= 0.3 is 5.97 Å². The number of rotatable bonds is 10. The highest BCUT2D eigenvalue weighted by molar-refractivity contribution is 6.37. The van der Waals surface area contributed by atoms with Crippen LogP contribution in [0.5, 0.6) is 23.0 Å². The number of hydrogen-bond donors (Lipinski definition) is 1. The molecule has 30 heavy (non-hydrogen) atoms.